The molecule has 2 aliphatic heterocycles. The van der Waals surface area contributed by atoms with E-state index in [1.807, 2.05) is 0 Å². The van der Waals surface area contributed by atoms with Gasteiger partial charge in [0.2, 0.25) is 0 Å². The van der Waals surface area contributed by atoms with Crippen LogP contribution in [0.15, 0.2) is 0 Å². The van der Waals surface area contributed by atoms with Gasteiger partial charge in [-0.05, 0) is 149 Å². The van der Waals surface area contributed by atoms with Crippen LogP contribution in [-0.2, 0) is 28.6 Å². The minimum Gasteiger partial charge on any atom is -0.465 e. The molecule has 5 saturated carbocycles. The van der Waals surface area contributed by atoms with Gasteiger partial charge in [-0.2, -0.15) is 0 Å². The number of aliphatic hydroxyl groups excluding tert-OH is 2. The van der Waals surface area contributed by atoms with Gasteiger partial charge in [0.05, 0.1) is 37.6 Å². The molecule has 0 radical (unpaired) electrons. The number of aliphatic hydroxyl groups is 2. The Bertz CT molecular complexity index is 1240. The Morgan fingerprint density at radius 2 is 1.67 bits per heavy atom. The van der Waals surface area contributed by atoms with Gasteiger partial charge in [-0.25, -0.2) is 4.89 Å². The quantitative estimate of drug-likeness (QED) is 0.0703. The second-order valence-electron chi connectivity index (χ2n) is 19.1. The first-order valence-electron chi connectivity index (χ1n) is 20.8. The molecule has 0 spiro atoms. The number of esters is 1. The van der Waals surface area contributed by atoms with Crippen LogP contribution in [0.2, 0.25) is 0 Å². The van der Waals surface area contributed by atoms with Crippen molar-refractivity contribution in [3.63, 3.8) is 0 Å². The van der Waals surface area contributed by atoms with E-state index in [4.69, 9.17) is 29.6 Å². The Labute approximate surface area is 306 Å². The number of hydrogen-bond donors (Lipinski definition) is 4. The normalized spacial score (nSPS) is 52.8. The first-order valence-corrected chi connectivity index (χ1v) is 20.8. The fraction of sp³-hybridized carbons (Fsp3) is 0.976. The predicted molar refractivity (Wildman–Crippen MR) is 191 cm³/mol. The molecule has 7 rings (SSSR count). The highest BCUT2D eigenvalue weighted by Crippen LogP contribution is 2.69. The SMILES string of the molecule is C[C@H]1[C@@H](O[C@@H]2CC[C@@]3(C)[C@@H](C2)C[C@@H](O)[C@@H]2[C@@H]3C[C@H](O)[C@]3(C)[C@@H]([C@H](C)CCCOC(=O)CN)CC[C@@H]23)OC2O[C@@H](C)CCC3[C@H](C)CC[C@@H]1[C@@]23OO. The van der Waals surface area contributed by atoms with Crippen molar-refractivity contribution in [3.05, 3.63) is 0 Å². The highest BCUT2D eigenvalue weighted by molar-refractivity contribution is 5.71. The van der Waals surface area contributed by atoms with E-state index in [1.165, 1.54) is 0 Å². The number of carbonyl (C=O) groups excluding carboxylic acids is 1. The molecule has 10 heteroatoms. The number of ether oxygens (including phenoxy) is 4. The van der Waals surface area contributed by atoms with Crippen molar-refractivity contribution in [2.45, 2.75) is 168 Å². The number of rotatable bonds is 9. The third-order valence-electron chi connectivity index (χ3n) is 16.9. The smallest absolute Gasteiger partial charge is 0.319 e. The van der Waals surface area contributed by atoms with Crippen molar-refractivity contribution < 1.29 is 44.1 Å². The van der Waals surface area contributed by atoms with Crippen LogP contribution < -0.4 is 5.73 Å². The van der Waals surface area contributed by atoms with Crippen molar-refractivity contribution >= 4 is 5.97 Å². The van der Waals surface area contributed by atoms with Crippen molar-refractivity contribution in [3.8, 4) is 0 Å². The lowest BCUT2D eigenvalue weighted by Crippen LogP contribution is -2.68. The van der Waals surface area contributed by atoms with E-state index in [-0.39, 0.29) is 71.2 Å². The zero-order chi connectivity index (χ0) is 36.5. The zero-order valence-corrected chi connectivity index (χ0v) is 32.2. The van der Waals surface area contributed by atoms with Crippen molar-refractivity contribution in [1.82, 2.24) is 0 Å². The van der Waals surface area contributed by atoms with Gasteiger partial charge in [-0.3, -0.25) is 10.1 Å². The maximum atomic E-state index is 12.1. The van der Waals surface area contributed by atoms with Crippen molar-refractivity contribution in [1.29, 1.82) is 0 Å². The zero-order valence-electron chi connectivity index (χ0n) is 32.2. The summed E-state index contributed by atoms with van der Waals surface area (Å²) < 4.78 is 25.4. The average Bonchev–Trinajstić information content (AvgIpc) is 3.39. The lowest BCUT2D eigenvalue weighted by Gasteiger charge is -2.64. The fourth-order valence-electron chi connectivity index (χ4n) is 14.1. The molecule has 19 atom stereocenters. The van der Waals surface area contributed by atoms with Gasteiger partial charge in [-0.1, -0.05) is 34.6 Å². The van der Waals surface area contributed by atoms with Crippen LogP contribution in [0.4, 0.5) is 0 Å². The predicted octanol–water partition coefficient (Wildman–Crippen LogP) is 6.30. The van der Waals surface area contributed by atoms with Crippen LogP contribution >= 0.6 is 0 Å². The number of hydrogen-bond acceptors (Lipinski definition) is 10. The molecule has 292 valence electrons. The molecular weight excluding hydrogens is 650 g/mol. The maximum absolute atomic E-state index is 12.1. The van der Waals surface area contributed by atoms with E-state index in [0.29, 0.717) is 36.2 Å². The van der Waals surface area contributed by atoms with Gasteiger partial charge in [0.15, 0.2) is 18.2 Å². The second-order valence-corrected chi connectivity index (χ2v) is 19.1. The third-order valence-corrected chi connectivity index (χ3v) is 16.9. The van der Waals surface area contributed by atoms with Crippen LogP contribution in [0, 0.1) is 70.0 Å². The third kappa shape index (κ3) is 6.26. The van der Waals surface area contributed by atoms with Crippen LogP contribution in [0.5, 0.6) is 0 Å². The summed E-state index contributed by atoms with van der Waals surface area (Å²) in [6, 6.07) is 0. The number of carbonyl (C=O) groups is 1. The number of nitrogens with two attached hydrogens (primary N) is 1. The fourth-order valence-corrected chi connectivity index (χ4v) is 14.1. The summed E-state index contributed by atoms with van der Waals surface area (Å²) in [6.45, 7) is 13.9. The van der Waals surface area contributed by atoms with Gasteiger partial charge in [0.1, 0.15) is 0 Å². The molecule has 2 heterocycles. The summed E-state index contributed by atoms with van der Waals surface area (Å²) in [5.74, 6) is 2.20. The summed E-state index contributed by atoms with van der Waals surface area (Å²) in [7, 11) is 0. The van der Waals surface area contributed by atoms with Crippen LogP contribution in [0.25, 0.3) is 0 Å². The molecule has 5 aliphatic carbocycles. The molecule has 7 aliphatic rings. The number of fused-ring (bicyclic) bond motifs is 5. The molecule has 2 saturated heterocycles. The molecule has 0 aromatic carbocycles. The first-order chi connectivity index (χ1) is 24.3. The van der Waals surface area contributed by atoms with E-state index in [1.54, 1.807) is 0 Å². The summed E-state index contributed by atoms with van der Waals surface area (Å²) in [6.07, 6.45) is 10.2. The van der Waals surface area contributed by atoms with Crippen LogP contribution in [-0.4, -0.2) is 77.2 Å². The highest BCUT2D eigenvalue weighted by Gasteiger charge is 2.67. The molecule has 7 fully saturated rings. The molecule has 0 amide bonds. The molecule has 0 aromatic rings. The van der Waals surface area contributed by atoms with Gasteiger partial charge < -0.3 is 34.9 Å². The topological polar surface area (TPSA) is 150 Å². The summed E-state index contributed by atoms with van der Waals surface area (Å²) in [5.41, 5.74) is 4.32. The standard InChI is InChI=1S/C41H69NO9/c1-22(8-7-17-47-35(45)21-42)28-13-14-31-36-32(20-34(44)40(28,31)6)39(5)16-15-27(18-26(39)19-33(36)43)49-37-25(4)30-11-9-23(2)29-12-10-24(3)48-38(50-37)41(29,30)51-46/h22-34,36-38,43-44,46H,7-21,42H2,1-6H3/t22-,23-,24+,25-,26+,27-,28-,29?,30+,31+,32+,33-,34+,36+,37+,38?,39+,40-,41-/m1/s1. The Morgan fingerprint density at radius 1 is 0.922 bits per heavy atom. The van der Waals surface area contributed by atoms with Crippen LogP contribution in [0.1, 0.15) is 125 Å². The lowest BCUT2D eigenvalue weighted by molar-refractivity contribution is -0.462. The Morgan fingerprint density at radius 3 is 2.41 bits per heavy atom. The molecule has 0 aromatic heterocycles. The monoisotopic (exact) mass is 719 g/mol. The van der Waals surface area contributed by atoms with E-state index < -0.39 is 24.3 Å². The van der Waals surface area contributed by atoms with E-state index in [0.717, 1.165) is 83.5 Å². The minimum absolute atomic E-state index is 0.0145. The van der Waals surface area contributed by atoms with E-state index in [2.05, 4.69) is 41.5 Å². The second kappa shape index (κ2) is 14.7. The molecule has 0 bridgehead atoms. The summed E-state index contributed by atoms with van der Waals surface area (Å²) in [5, 5.41) is 34.7. The summed E-state index contributed by atoms with van der Waals surface area (Å²) >= 11 is 0. The lowest BCUT2D eigenvalue weighted by atomic mass is 9.43. The van der Waals surface area contributed by atoms with Gasteiger partial charge in [0.25, 0.3) is 0 Å². The molecule has 2 unspecified atom stereocenters. The van der Waals surface area contributed by atoms with Gasteiger partial charge in [0, 0.05) is 11.8 Å². The first kappa shape index (κ1) is 38.4. The summed E-state index contributed by atoms with van der Waals surface area (Å²) in [4.78, 5) is 17.0. The Hall–Kier alpha value is -0.850. The van der Waals surface area contributed by atoms with Crippen LogP contribution in [0.3, 0.4) is 0 Å². The molecule has 10 nitrogen and oxygen atoms in total. The molecule has 5 N–H and O–H groups in total. The van der Waals surface area contributed by atoms with Gasteiger partial charge >= 0.3 is 5.97 Å². The molecule has 51 heavy (non-hydrogen) atoms. The van der Waals surface area contributed by atoms with Gasteiger partial charge in [-0.15, -0.1) is 0 Å². The van der Waals surface area contributed by atoms with Crippen molar-refractivity contribution in [2.75, 3.05) is 13.2 Å². The Balaban J connectivity index is 1.02. The van der Waals surface area contributed by atoms with E-state index in [9.17, 15) is 20.3 Å². The average molecular weight is 720 g/mol. The maximum Gasteiger partial charge on any atom is 0.319 e. The van der Waals surface area contributed by atoms with E-state index >= 15 is 0 Å². The van der Waals surface area contributed by atoms with Crippen molar-refractivity contribution in [2.24, 2.45) is 75.7 Å². The molecular formula is C41H69NO9. The largest absolute Gasteiger partial charge is 0.465 e. The highest BCUT2D eigenvalue weighted by atomic mass is 17.1. The minimum atomic E-state index is -0.873. The Kier molecular flexibility index (Phi) is 11.0.